The van der Waals surface area contributed by atoms with E-state index >= 15 is 0 Å². The summed E-state index contributed by atoms with van der Waals surface area (Å²) in [6.45, 7) is 0. The molecule has 0 amide bonds. The highest BCUT2D eigenvalue weighted by molar-refractivity contribution is 7.26. The van der Waals surface area contributed by atoms with Crippen LogP contribution in [0.4, 0.5) is 0 Å². The molecule has 0 unspecified atom stereocenters. The van der Waals surface area contributed by atoms with E-state index in [2.05, 4.69) is 223 Å². The molecule has 11 aromatic carbocycles. The molecule has 0 aliphatic carbocycles. The van der Waals surface area contributed by atoms with E-state index in [0.717, 1.165) is 27.9 Å². The number of imidazole rings is 1. The molecule has 0 N–H and O–H groups in total. The number of rotatable bonds is 4. The average Bonchev–Trinajstić information content (AvgIpc) is 4.08. The van der Waals surface area contributed by atoms with E-state index in [1.54, 1.807) is 0 Å². The summed E-state index contributed by atoms with van der Waals surface area (Å²) in [6, 6.07) is 81.0. The third-order valence-corrected chi connectivity index (χ3v) is 16.4. The van der Waals surface area contributed by atoms with Crippen LogP contribution in [0.5, 0.6) is 0 Å². The SMILES string of the molecule is c1ccc2cc3c(ccc4c3nc3c5sc6cc7ccccc7cc6c5cc(-c5ccc(-c6ccc(-c7ccc(-c8ccc9c(c8)sc8ccccc89)cc7)c7ccccc67)cc5)n43)cc2c1. The van der Waals surface area contributed by atoms with Crippen LogP contribution < -0.4 is 0 Å². The van der Waals surface area contributed by atoms with Gasteiger partial charge in [-0.25, -0.2) is 4.98 Å². The van der Waals surface area contributed by atoms with Crippen molar-refractivity contribution < 1.29 is 0 Å². The number of thiophene rings is 2. The molecule has 0 spiro atoms. The molecule has 67 heavy (non-hydrogen) atoms. The van der Waals surface area contributed by atoms with Gasteiger partial charge in [-0.15, -0.1) is 22.7 Å². The topological polar surface area (TPSA) is 17.3 Å². The molecule has 2 nitrogen and oxygen atoms in total. The molecule has 15 rings (SSSR count). The molecule has 0 aliphatic heterocycles. The van der Waals surface area contributed by atoms with Crippen LogP contribution in [0.2, 0.25) is 0 Å². The van der Waals surface area contributed by atoms with Crippen LogP contribution in [0.25, 0.3) is 145 Å². The van der Waals surface area contributed by atoms with E-state index in [0.29, 0.717) is 0 Å². The average molecular weight is 885 g/mol. The quantitative estimate of drug-likeness (QED) is 0.161. The van der Waals surface area contributed by atoms with Gasteiger partial charge in [-0.1, -0.05) is 170 Å². The molecular weight excluding hydrogens is 849 g/mol. The van der Waals surface area contributed by atoms with Crippen molar-refractivity contribution in [1.82, 2.24) is 9.38 Å². The highest BCUT2D eigenvalue weighted by Crippen LogP contribution is 2.44. The summed E-state index contributed by atoms with van der Waals surface area (Å²) < 4.78 is 7.57. The molecule has 4 aromatic heterocycles. The van der Waals surface area contributed by atoms with Gasteiger partial charge < -0.3 is 0 Å². The first-order valence-electron chi connectivity index (χ1n) is 22.8. The molecule has 0 fully saturated rings. The van der Waals surface area contributed by atoms with Crippen LogP contribution in [0.3, 0.4) is 0 Å². The van der Waals surface area contributed by atoms with Crippen molar-refractivity contribution >= 4 is 123 Å². The molecule has 4 heterocycles. The lowest BCUT2D eigenvalue weighted by Gasteiger charge is -2.14. The normalized spacial score (nSPS) is 12.2. The van der Waals surface area contributed by atoms with E-state index in [-0.39, 0.29) is 0 Å². The number of nitrogens with zero attached hydrogens (tertiary/aromatic N) is 2. The van der Waals surface area contributed by atoms with Gasteiger partial charge >= 0.3 is 0 Å². The molecule has 15 aromatic rings. The molecule has 0 atom stereocenters. The third-order valence-electron chi connectivity index (χ3n) is 14.2. The van der Waals surface area contributed by atoms with Crippen molar-refractivity contribution in [2.45, 2.75) is 0 Å². The van der Waals surface area contributed by atoms with Crippen molar-refractivity contribution in [3.8, 4) is 44.6 Å². The van der Waals surface area contributed by atoms with Gasteiger partial charge in [0.05, 0.1) is 21.4 Å². The summed E-state index contributed by atoms with van der Waals surface area (Å²) in [5.74, 6) is 0. The standard InChI is InChI=1S/C63H36N2S2/c1-2-10-42-32-53-46(31-41(42)9-1)26-30-56-61(53)64-63-62-55(54-33-43-11-3-4-12-44(43)34-60(54)67-62)36-57(65(56)63)40-23-21-39(22-24-40)48-29-28-47(49-13-5-6-14-50(48)49)38-19-17-37(18-20-38)45-25-27-52-51-15-7-8-16-58(51)66-59(52)35-45/h1-36H. The van der Waals surface area contributed by atoms with E-state index in [1.807, 2.05) is 22.7 Å². The van der Waals surface area contributed by atoms with Gasteiger partial charge in [-0.2, -0.15) is 0 Å². The Bertz CT molecular complexity index is 4550. The molecule has 0 saturated carbocycles. The van der Waals surface area contributed by atoms with Crippen LogP contribution in [0, 0.1) is 0 Å². The number of pyridine rings is 1. The summed E-state index contributed by atoms with van der Waals surface area (Å²) in [6.07, 6.45) is 0. The van der Waals surface area contributed by atoms with Gasteiger partial charge in [-0.3, -0.25) is 4.40 Å². The van der Waals surface area contributed by atoms with Crippen LogP contribution in [-0.2, 0) is 0 Å². The van der Waals surface area contributed by atoms with Crippen LogP contribution >= 0.6 is 22.7 Å². The minimum atomic E-state index is 1.00. The Morgan fingerprint density at radius 1 is 0.313 bits per heavy atom. The first-order chi connectivity index (χ1) is 33.2. The van der Waals surface area contributed by atoms with E-state index in [9.17, 15) is 0 Å². The summed E-state index contributed by atoms with van der Waals surface area (Å²) >= 11 is 3.72. The number of benzene rings is 11. The van der Waals surface area contributed by atoms with E-state index in [1.165, 1.54) is 117 Å². The zero-order valence-corrected chi connectivity index (χ0v) is 37.6. The molecule has 4 heteroatoms. The summed E-state index contributed by atoms with van der Waals surface area (Å²) in [7, 11) is 0. The predicted molar refractivity (Wildman–Crippen MR) is 290 cm³/mol. The maximum Gasteiger partial charge on any atom is 0.156 e. The predicted octanol–water partition coefficient (Wildman–Crippen LogP) is 18.5. The molecule has 0 aliphatic rings. The fourth-order valence-corrected chi connectivity index (χ4v) is 13.2. The largest absolute Gasteiger partial charge is 0.291 e. The Hall–Kier alpha value is -8.15. The van der Waals surface area contributed by atoms with Gasteiger partial charge in [0.1, 0.15) is 0 Å². The molecule has 310 valence electrons. The molecular formula is C63H36N2S2. The molecule has 0 bridgehead atoms. The van der Waals surface area contributed by atoms with Crippen LogP contribution in [-0.4, -0.2) is 9.38 Å². The van der Waals surface area contributed by atoms with Crippen molar-refractivity contribution in [2.24, 2.45) is 0 Å². The maximum atomic E-state index is 5.57. The number of hydrogen-bond acceptors (Lipinski definition) is 3. The van der Waals surface area contributed by atoms with Crippen molar-refractivity contribution in [2.75, 3.05) is 0 Å². The van der Waals surface area contributed by atoms with Crippen molar-refractivity contribution in [3.63, 3.8) is 0 Å². The fraction of sp³-hybridized carbons (Fsp3) is 0. The summed E-state index contributed by atoms with van der Waals surface area (Å²) in [5.41, 5.74) is 12.8. The Morgan fingerprint density at radius 2 is 0.866 bits per heavy atom. The molecule has 0 radical (unpaired) electrons. The van der Waals surface area contributed by atoms with Gasteiger partial charge in [0.25, 0.3) is 0 Å². The number of fused-ring (bicyclic) bond motifs is 15. The Labute approximate surface area is 392 Å². The zero-order valence-electron chi connectivity index (χ0n) is 36.0. The minimum Gasteiger partial charge on any atom is -0.291 e. The van der Waals surface area contributed by atoms with E-state index in [4.69, 9.17) is 4.98 Å². The number of aromatic nitrogens is 2. The highest BCUT2D eigenvalue weighted by atomic mass is 32.1. The highest BCUT2D eigenvalue weighted by Gasteiger charge is 2.20. The summed E-state index contributed by atoms with van der Waals surface area (Å²) in [4.78, 5) is 5.57. The summed E-state index contributed by atoms with van der Waals surface area (Å²) in [5, 5.41) is 15.0. The minimum absolute atomic E-state index is 1.00. The lowest BCUT2D eigenvalue weighted by Crippen LogP contribution is -1.93. The molecule has 0 saturated heterocycles. The number of hydrogen-bond donors (Lipinski definition) is 0. The lowest BCUT2D eigenvalue weighted by atomic mass is 9.91. The van der Waals surface area contributed by atoms with Crippen molar-refractivity contribution in [3.05, 3.63) is 218 Å². The Balaban J connectivity index is 0.850. The van der Waals surface area contributed by atoms with Crippen LogP contribution in [0.15, 0.2) is 218 Å². The van der Waals surface area contributed by atoms with E-state index < -0.39 is 0 Å². The van der Waals surface area contributed by atoms with Crippen LogP contribution in [0.1, 0.15) is 0 Å². The van der Waals surface area contributed by atoms with Gasteiger partial charge in [0, 0.05) is 41.0 Å². The van der Waals surface area contributed by atoms with Crippen molar-refractivity contribution in [1.29, 1.82) is 0 Å². The maximum absolute atomic E-state index is 5.57. The third kappa shape index (κ3) is 5.64. The first kappa shape index (κ1) is 37.1. The lowest BCUT2D eigenvalue weighted by molar-refractivity contribution is 1.25. The smallest absolute Gasteiger partial charge is 0.156 e. The second-order valence-corrected chi connectivity index (χ2v) is 20.0. The van der Waals surface area contributed by atoms with Gasteiger partial charge in [-0.05, 0) is 125 Å². The van der Waals surface area contributed by atoms with Gasteiger partial charge in [0.2, 0.25) is 0 Å². The Kier molecular flexibility index (Phi) is 7.85. The monoisotopic (exact) mass is 884 g/mol. The second kappa shape index (κ2) is 14.2. The second-order valence-electron chi connectivity index (χ2n) is 17.9. The zero-order chi connectivity index (χ0) is 43.7. The van der Waals surface area contributed by atoms with Gasteiger partial charge in [0.15, 0.2) is 5.65 Å². The Morgan fingerprint density at radius 3 is 1.58 bits per heavy atom. The first-order valence-corrected chi connectivity index (χ1v) is 24.5. The fourth-order valence-electron chi connectivity index (χ4n) is 10.8.